The molecule has 2 heterocycles. The number of carboxylic acid groups (broad SMARTS) is 1. The summed E-state index contributed by atoms with van der Waals surface area (Å²) in [4.78, 5) is 22.6. The minimum atomic E-state index is -0.823. The molecule has 26 heavy (non-hydrogen) atoms. The monoisotopic (exact) mass is 347 g/mol. The van der Waals surface area contributed by atoms with E-state index in [0.29, 0.717) is 17.8 Å². The van der Waals surface area contributed by atoms with E-state index in [-0.39, 0.29) is 12.4 Å². The summed E-state index contributed by atoms with van der Waals surface area (Å²) in [5, 5.41) is 10.7. The molecular formula is C19H17N5O2. The number of anilines is 2. The Labute approximate surface area is 148 Å². The summed E-state index contributed by atoms with van der Waals surface area (Å²) < 4.78 is 0. The van der Waals surface area contributed by atoms with Gasteiger partial charge in [0.05, 0.1) is 16.4 Å². The van der Waals surface area contributed by atoms with Crippen LogP contribution in [0.25, 0.3) is 32.9 Å². The van der Waals surface area contributed by atoms with E-state index in [0.717, 1.165) is 33.0 Å². The number of aliphatic carboxylic acids is 1. The number of benzene rings is 2. The van der Waals surface area contributed by atoms with Crippen molar-refractivity contribution in [3.8, 4) is 11.1 Å². The molecule has 0 fully saturated rings. The van der Waals surface area contributed by atoms with E-state index in [2.05, 4.69) is 15.0 Å². The Morgan fingerprint density at radius 1 is 1.12 bits per heavy atom. The maximum atomic E-state index is 11.0. The Bertz CT molecular complexity index is 1150. The number of nitrogens with zero attached hydrogens (tertiary/aromatic N) is 2. The first-order chi connectivity index (χ1) is 12.5. The molecule has 0 amide bonds. The van der Waals surface area contributed by atoms with Gasteiger partial charge >= 0.3 is 5.97 Å². The van der Waals surface area contributed by atoms with Gasteiger partial charge in [0.1, 0.15) is 5.82 Å². The lowest BCUT2D eigenvalue weighted by atomic mass is 9.94. The molecule has 0 atom stereocenters. The third-order valence-electron chi connectivity index (χ3n) is 4.46. The molecule has 6 N–H and O–H groups in total. The molecule has 4 aromatic rings. The molecule has 0 bridgehead atoms. The number of aromatic amines is 1. The van der Waals surface area contributed by atoms with E-state index in [9.17, 15) is 4.79 Å². The van der Waals surface area contributed by atoms with E-state index in [1.807, 2.05) is 42.6 Å². The second-order valence-corrected chi connectivity index (χ2v) is 6.10. The van der Waals surface area contributed by atoms with E-state index in [1.165, 1.54) is 0 Å². The van der Waals surface area contributed by atoms with Gasteiger partial charge in [-0.15, -0.1) is 0 Å². The number of carbonyl (C=O) groups is 1. The van der Waals surface area contributed by atoms with Crippen molar-refractivity contribution >= 4 is 39.5 Å². The normalized spacial score (nSPS) is 11.2. The van der Waals surface area contributed by atoms with Gasteiger partial charge in [-0.2, -0.15) is 4.98 Å². The summed E-state index contributed by atoms with van der Waals surface area (Å²) >= 11 is 0. The zero-order valence-corrected chi connectivity index (χ0v) is 13.9. The summed E-state index contributed by atoms with van der Waals surface area (Å²) in [5.41, 5.74) is 16.2. The first-order valence-corrected chi connectivity index (χ1v) is 8.17. The predicted molar refractivity (Wildman–Crippen MR) is 102 cm³/mol. The maximum Gasteiger partial charge on any atom is 0.303 e. The number of nitrogens with two attached hydrogens (primary N) is 2. The number of H-pyrrole nitrogens is 1. The van der Waals surface area contributed by atoms with E-state index >= 15 is 0 Å². The number of hydrogen-bond acceptors (Lipinski definition) is 5. The standard InChI is InChI=1S/C19H17N5O2/c20-18-16-12-7-8-22-17(12)13(9-14(16)23-19(21)24-18)11-4-2-1-3-10(11)5-6-15(25)26/h1-4,7-9,22H,5-6H2,(H,25,26)(H4,20,21,23,24). The minimum absolute atomic E-state index is 0.0700. The van der Waals surface area contributed by atoms with Gasteiger partial charge in [-0.1, -0.05) is 24.3 Å². The average molecular weight is 347 g/mol. The summed E-state index contributed by atoms with van der Waals surface area (Å²) in [7, 11) is 0. The van der Waals surface area contributed by atoms with Crippen molar-refractivity contribution in [2.45, 2.75) is 12.8 Å². The molecule has 130 valence electrons. The van der Waals surface area contributed by atoms with Crippen molar-refractivity contribution in [1.29, 1.82) is 0 Å². The fourth-order valence-corrected chi connectivity index (χ4v) is 3.36. The van der Waals surface area contributed by atoms with Crippen molar-refractivity contribution in [3.63, 3.8) is 0 Å². The molecule has 0 spiro atoms. The zero-order valence-electron chi connectivity index (χ0n) is 13.9. The van der Waals surface area contributed by atoms with Crippen molar-refractivity contribution in [2.24, 2.45) is 0 Å². The zero-order chi connectivity index (χ0) is 18.3. The molecule has 7 heteroatoms. The lowest BCUT2D eigenvalue weighted by Gasteiger charge is -2.12. The number of aryl methyl sites for hydroxylation is 1. The molecule has 0 aliphatic rings. The summed E-state index contributed by atoms with van der Waals surface area (Å²) in [6.07, 6.45) is 2.35. The predicted octanol–water partition coefficient (Wildman–Crippen LogP) is 2.96. The molecular weight excluding hydrogens is 330 g/mol. The second-order valence-electron chi connectivity index (χ2n) is 6.10. The van der Waals surface area contributed by atoms with Crippen LogP contribution >= 0.6 is 0 Å². The first-order valence-electron chi connectivity index (χ1n) is 8.17. The number of nitrogens with one attached hydrogen (secondary N) is 1. The topological polar surface area (TPSA) is 131 Å². The fourth-order valence-electron chi connectivity index (χ4n) is 3.36. The van der Waals surface area contributed by atoms with E-state index in [1.54, 1.807) is 0 Å². The summed E-state index contributed by atoms with van der Waals surface area (Å²) in [6, 6.07) is 11.6. The third kappa shape index (κ3) is 2.59. The van der Waals surface area contributed by atoms with Crippen LogP contribution in [0.2, 0.25) is 0 Å². The Morgan fingerprint density at radius 2 is 1.92 bits per heavy atom. The molecule has 0 saturated carbocycles. The summed E-state index contributed by atoms with van der Waals surface area (Å²) in [5.74, 6) is -0.366. The molecule has 0 saturated heterocycles. The highest BCUT2D eigenvalue weighted by molar-refractivity contribution is 6.15. The Kier molecular flexibility index (Phi) is 3.69. The van der Waals surface area contributed by atoms with Gasteiger partial charge in [-0.3, -0.25) is 4.79 Å². The molecule has 0 unspecified atom stereocenters. The van der Waals surface area contributed by atoms with Gasteiger partial charge in [0.25, 0.3) is 0 Å². The highest BCUT2D eigenvalue weighted by Gasteiger charge is 2.16. The molecule has 2 aromatic heterocycles. The number of carboxylic acids is 1. The third-order valence-corrected chi connectivity index (χ3v) is 4.46. The lowest BCUT2D eigenvalue weighted by Crippen LogP contribution is -2.02. The smallest absolute Gasteiger partial charge is 0.303 e. The Hall–Kier alpha value is -3.61. The quantitative estimate of drug-likeness (QED) is 0.449. The molecule has 0 aliphatic carbocycles. The fraction of sp³-hybridized carbons (Fsp3) is 0.105. The lowest BCUT2D eigenvalue weighted by molar-refractivity contribution is -0.136. The van der Waals surface area contributed by atoms with Crippen molar-refractivity contribution in [2.75, 3.05) is 11.5 Å². The van der Waals surface area contributed by atoms with Gasteiger partial charge in [0, 0.05) is 23.6 Å². The van der Waals surface area contributed by atoms with E-state index in [4.69, 9.17) is 16.6 Å². The van der Waals surface area contributed by atoms with Crippen LogP contribution in [0, 0.1) is 0 Å². The van der Waals surface area contributed by atoms with Crippen LogP contribution in [-0.4, -0.2) is 26.0 Å². The van der Waals surface area contributed by atoms with Gasteiger partial charge < -0.3 is 21.6 Å². The van der Waals surface area contributed by atoms with Crippen LogP contribution in [0.15, 0.2) is 42.6 Å². The number of hydrogen-bond donors (Lipinski definition) is 4. The van der Waals surface area contributed by atoms with Crippen molar-refractivity contribution in [1.82, 2.24) is 15.0 Å². The highest BCUT2D eigenvalue weighted by atomic mass is 16.4. The van der Waals surface area contributed by atoms with Crippen LogP contribution in [0.1, 0.15) is 12.0 Å². The SMILES string of the molecule is Nc1nc(N)c2c(cc(-c3ccccc3CCC(=O)O)c3[nH]ccc32)n1. The highest BCUT2D eigenvalue weighted by Crippen LogP contribution is 2.37. The second kappa shape index (κ2) is 6.03. The van der Waals surface area contributed by atoms with E-state index < -0.39 is 5.97 Å². The van der Waals surface area contributed by atoms with Crippen LogP contribution in [0.4, 0.5) is 11.8 Å². The van der Waals surface area contributed by atoms with Crippen molar-refractivity contribution in [3.05, 3.63) is 48.2 Å². The maximum absolute atomic E-state index is 11.0. The van der Waals surface area contributed by atoms with Crippen LogP contribution in [0.5, 0.6) is 0 Å². The number of nitrogen functional groups attached to an aromatic ring is 2. The summed E-state index contributed by atoms with van der Waals surface area (Å²) in [6.45, 7) is 0. The molecule has 7 nitrogen and oxygen atoms in total. The molecule has 4 rings (SSSR count). The number of aromatic nitrogens is 3. The Balaban J connectivity index is 2.00. The van der Waals surface area contributed by atoms with Crippen LogP contribution < -0.4 is 11.5 Å². The largest absolute Gasteiger partial charge is 0.481 e. The molecule has 2 aromatic carbocycles. The molecule has 0 radical (unpaired) electrons. The first kappa shape index (κ1) is 15.9. The number of rotatable bonds is 4. The van der Waals surface area contributed by atoms with Gasteiger partial charge in [0.15, 0.2) is 0 Å². The van der Waals surface area contributed by atoms with Gasteiger partial charge in [0.2, 0.25) is 5.95 Å². The van der Waals surface area contributed by atoms with Crippen LogP contribution in [-0.2, 0) is 11.2 Å². The molecule has 0 aliphatic heterocycles. The number of fused-ring (bicyclic) bond motifs is 3. The van der Waals surface area contributed by atoms with Gasteiger partial charge in [-0.25, -0.2) is 4.98 Å². The minimum Gasteiger partial charge on any atom is -0.481 e. The Morgan fingerprint density at radius 3 is 2.73 bits per heavy atom. The van der Waals surface area contributed by atoms with Gasteiger partial charge in [-0.05, 0) is 29.7 Å². The van der Waals surface area contributed by atoms with Crippen molar-refractivity contribution < 1.29 is 9.90 Å². The van der Waals surface area contributed by atoms with Crippen LogP contribution in [0.3, 0.4) is 0 Å². The average Bonchev–Trinajstić information content (AvgIpc) is 3.08.